The lowest BCUT2D eigenvalue weighted by atomic mass is 10.1. The minimum atomic E-state index is -0.646. The van der Waals surface area contributed by atoms with Gasteiger partial charge in [-0.2, -0.15) is 0 Å². The van der Waals surface area contributed by atoms with Crippen molar-refractivity contribution < 1.29 is 14.4 Å². The molecule has 0 saturated carbocycles. The van der Waals surface area contributed by atoms with Gasteiger partial charge in [-0.1, -0.05) is 19.9 Å². The third kappa shape index (κ3) is 5.97. The lowest BCUT2D eigenvalue weighted by Crippen LogP contribution is -2.46. The van der Waals surface area contributed by atoms with Crippen LogP contribution in [0.1, 0.15) is 13.8 Å². The molecule has 5 N–H and O–H groups in total. The van der Waals surface area contributed by atoms with Crippen molar-refractivity contribution in [2.75, 3.05) is 18.9 Å². The molecule has 0 aliphatic rings. The number of halogens is 1. The number of carbonyl (C=O) groups excluding carboxylic acids is 3. The second-order valence-corrected chi connectivity index (χ2v) is 6.43. The molecule has 0 spiro atoms. The number of benzene rings is 1. The van der Waals surface area contributed by atoms with Crippen molar-refractivity contribution in [2.24, 2.45) is 11.7 Å². The highest BCUT2D eigenvalue weighted by Crippen LogP contribution is 2.20. The van der Waals surface area contributed by atoms with Crippen LogP contribution in [0.15, 0.2) is 30.5 Å². The fraction of sp³-hybridized carbons (Fsp3) is 0.389. The zero-order chi connectivity index (χ0) is 19.3. The van der Waals surface area contributed by atoms with E-state index in [1.54, 1.807) is 23.7 Å². The minimum absolute atomic E-state index is 0. The fourth-order valence-electron chi connectivity index (χ4n) is 2.43. The van der Waals surface area contributed by atoms with Gasteiger partial charge >= 0.3 is 0 Å². The maximum atomic E-state index is 12.1. The number of rotatable bonds is 7. The Kier molecular flexibility index (Phi) is 8.27. The summed E-state index contributed by atoms with van der Waals surface area (Å²) in [5.74, 6) is -0.821. The summed E-state index contributed by atoms with van der Waals surface area (Å²) >= 11 is 0. The molecule has 0 fully saturated rings. The van der Waals surface area contributed by atoms with Crippen molar-refractivity contribution in [1.29, 1.82) is 0 Å². The van der Waals surface area contributed by atoms with Crippen LogP contribution < -0.4 is 21.7 Å². The first-order valence-electron chi connectivity index (χ1n) is 8.44. The molecule has 3 amide bonds. The van der Waals surface area contributed by atoms with Crippen molar-refractivity contribution in [3.05, 3.63) is 30.5 Å². The van der Waals surface area contributed by atoms with Gasteiger partial charge in [-0.05, 0) is 29.5 Å². The van der Waals surface area contributed by atoms with Crippen LogP contribution in [0.3, 0.4) is 0 Å². The van der Waals surface area contributed by atoms with Crippen LogP contribution in [0.2, 0.25) is 0 Å². The van der Waals surface area contributed by atoms with Crippen molar-refractivity contribution in [3.8, 4) is 0 Å². The summed E-state index contributed by atoms with van der Waals surface area (Å²) in [6.45, 7) is 3.72. The number of nitrogens with two attached hydrogens (primary N) is 1. The molecule has 0 bridgehead atoms. The van der Waals surface area contributed by atoms with Crippen LogP contribution in [0.5, 0.6) is 0 Å². The molecule has 9 heteroatoms. The number of fused-ring (bicyclic) bond motifs is 1. The van der Waals surface area contributed by atoms with Gasteiger partial charge in [0.2, 0.25) is 17.7 Å². The quantitative estimate of drug-likeness (QED) is 0.555. The van der Waals surface area contributed by atoms with E-state index in [1.165, 1.54) is 0 Å². The van der Waals surface area contributed by atoms with E-state index < -0.39 is 6.04 Å². The van der Waals surface area contributed by atoms with Gasteiger partial charge in [0.1, 0.15) is 6.54 Å². The Bertz CT molecular complexity index is 818. The normalized spacial score (nSPS) is 11.6. The standard InChI is InChI=1S/C18H25N5O3.ClH/c1-11(2)17(19)18(26)21-9-15(24)22-13-5-4-12-6-7-23(14(12)8-13)10-16(25)20-3;/h4-8,11,17H,9-10,19H2,1-3H3,(H,20,25)(H,21,26)(H,22,24);1H/t17-;/m0./s1. The van der Waals surface area contributed by atoms with Crippen LogP contribution in [0.4, 0.5) is 5.69 Å². The molecular formula is C18H26ClN5O3. The Labute approximate surface area is 164 Å². The molecule has 2 rings (SSSR count). The van der Waals surface area contributed by atoms with Crippen LogP contribution in [-0.4, -0.2) is 41.9 Å². The SMILES string of the molecule is CNC(=O)Cn1ccc2ccc(NC(=O)CNC(=O)[C@@H](N)C(C)C)cc21.Cl. The van der Waals surface area contributed by atoms with Gasteiger partial charge in [-0.15, -0.1) is 12.4 Å². The molecule has 27 heavy (non-hydrogen) atoms. The first kappa shape index (κ1) is 22.5. The summed E-state index contributed by atoms with van der Waals surface area (Å²) in [6.07, 6.45) is 1.82. The Morgan fingerprint density at radius 2 is 1.85 bits per heavy atom. The minimum Gasteiger partial charge on any atom is -0.358 e. The first-order valence-corrected chi connectivity index (χ1v) is 8.44. The second-order valence-electron chi connectivity index (χ2n) is 6.43. The van der Waals surface area contributed by atoms with Crippen LogP contribution in [-0.2, 0) is 20.9 Å². The summed E-state index contributed by atoms with van der Waals surface area (Å²) in [5.41, 5.74) is 7.15. The summed E-state index contributed by atoms with van der Waals surface area (Å²) < 4.78 is 1.80. The number of likely N-dealkylation sites (N-methyl/N-ethyl adjacent to an activating group) is 1. The monoisotopic (exact) mass is 395 g/mol. The Hall–Kier alpha value is -2.58. The topological polar surface area (TPSA) is 118 Å². The second kappa shape index (κ2) is 9.94. The lowest BCUT2D eigenvalue weighted by molar-refractivity contribution is -0.125. The molecule has 1 aromatic carbocycles. The highest BCUT2D eigenvalue weighted by atomic mass is 35.5. The molecular weight excluding hydrogens is 370 g/mol. The average Bonchev–Trinajstić information content (AvgIpc) is 3.00. The number of hydrogen-bond acceptors (Lipinski definition) is 4. The van der Waals surface area contributed by atoms with Gasteiger partial charge in [0.15, 0.2) is 0 Å². The first-order chi connectivity index (χ1) is 12.3. The largest absolute Gasteiger partial charge is 0.358 e. The van der Waals surface area contributed by atoms with E-state index in [0.29, 0.717) is 5.69 Å². The van der Waals surface area contributed by atoms with Gasteiger partial charge in [-0.3, -0.25) is 14.4 Å². The van der Waals surface area contributed by atoms with Gasteiger partial charge < -0.3 is 26.3 Å². The third-order valence-electron chi connectivity index (χ3n) is 4.09. The molecule has 8 nitrogen and oxygen atoms in total. The van der Waals surface area contributed by atoms with Crippen molar-refractivity contribution in [3.63, 3.8) is 0 Å². The lowest BCUT2D eigenvalue weighted by Gasteiger charge is -2.15. The van der Waals surface area contributed by atoms with Crippen molar-refractivity contribution in [2.45, 2.75) is 26.4 Å². The molecule has 0 saturated heterocycles. The molecule has 0 aliphatic carbocycles. The summed E-state index contributed by atoms with van der Waals surface area (Å²) in [7, 11) is 1.58. The summed E-state index contributed by atoms with van der Waals surface area (Å²) in [4.78, 5) is 35.4. The van der Waals surface area contributed by atoms with E-state index in [9.17, 15) is 14.4 Å². The van der Waals surface area contributed by atoms with E-state index >= 15 is 0 Å². The van der Waals surface area contributed by atoms with Crippen LogP contribution in [0, 0.1) is 5.92 Å². The Morgan fingerprint density at radius 3 is 2.48 bits per heavy atom. The number of nitrogens with one attached hydrogen (secondary N) is 3. The molecule has 0 unspecified atom stereocenters. The predicted octanol–water partition coefficient (Wildman–Crippen LogP) is 0.847. The number of amides is 3. The molecule has 0 aliphatic heterocycles. The van der Waals surface area contributed by atoms with Gasteiger partial charge in [-0.25, -0.2) is 0 Å². The number of anilines is 1. The molecule has 148 valence electrons. The van der Waals surface area contributed by atoms with E-state index in [4.69, 9.17) is 5.73 Å². The summed E-state index contributed by atoms with van der Waals surface area (Å²) in [5, 5.41) is 8.80. The van der Waals surface area contributed by atoms with Crippen molar-refractivity contribution >= 4 is 46.7 Å². The molecule has 1 aromatic heterocycles. The molecule has 1 heterocycles. The highest BCUT2D eigenvalue weighted by molar-refractivity contribution is 5.97. The van der Waals surface area contributed by atoms with E-state index in [0.717, 1.165) is 10.9 Å². The van der Waals surface area contributed by atoms with E-state index in [1.807, 2.05) is 32.2 Å². The number of aromatic nitrogens is 1. The Morgan fingerprint density at radius 1 is 1.15 bits per heavy atom. The molecule has 2 aromatic rings. The summed E-state index contributed by atoms with van der Waals surface area (Å²) in [6, 6.07) is 6.67. The molecule has 1 atom stereocenters. The van der Waals surface area contributed by atoms with E-state index in [2.05, 4.69) is 16.0 Å². The number of carbonyl (C=O) groups is 3. The van der Waals surface area contributed by atoms with Gasteiger partial charge in [0.25, 0.3) is 0 Å². The zero-order valence-corrected chi connectivity index (χ0v) is 16.4. The maximum absolute atomic E-state index is 12.1. The average molecular weight is 396 g/mol. The van der Waals surface area contributed by atoms with Crippen LogP contribution in [0.25, 0.3) is 10.9 Å². The number of nitrogens with zero attached hydrogens (tertiary/aromatic N) is 1. The smallest absolute Gasteiger partial charge is 0.243 e. The molecule has 0 radical (unpaired) electrons. The van der Waals surface area contributed by atoms with E-state index in [-0.39, 0.29) is 49.1 Å². The maximum Gasteiger partial charge on any atom is 0.243 e. The Balaban J connectivity index is 0.00000364. The number of hydrogen-bond donors (Lipinski definition) is 4. The zero-order valence-electron chi connectivity index (χ0n) is 15.6. The predicted molar refractivity (Wildman–Crippen MR) is 108 cm³/mol. The van der Waals surface area contributed by atoms with Crippen molar-refractivity contribution in [1.82, 2.24) is 15.2 Å². The van der Waals surface area contributed by atoms with Gasteiger partial charge in [0, 0.05) is 18.9 Å². The fourth-order valence-corrected chi connectivity index (χ4v) is 2.43. The highest BCUT2D eigenvalue weighted by Gasteiger charge is 2.17. The third-order valence-corrected chi connectivity index (χ3v) is 4.09. The van der Waals surface area contributed by atoms with Gasteiger partial charge in [0.05, 0.1) is 18.1 Å². The van der Waals surface area contributed by atoms with Crippen LogP contribution >= 0.6 is 12.4 Å².